The zero-order valence-electron chi connectivity index (χ0n) is 19.3. The van der Waals surface area contributed by atoms with Gasteiger partial charge < -0.3 is 10.6 Å². The van der Waals surface area contributed by atoms with Crippen LogP contribution in [-0.4, -0.2) is 23.3 Å². The van der Waals surface area contributed by atoms with E-state index in [-0.39, 0.29) is 43.6 Å². The van der Waals surface area contributed by atoms with Crippen LogP contribution < -0.4 is 5.84 Å². The number of alkyl halides is 3. The normalized spacial score (nSPS) is 30.3. The van der Waals surface area contributed by atoms with E-state index in [9.17, 15) is 22.8 Å². The Kier molecular flexibility index (Phi) is 6.36. The molecule has 11 heteroatoms. The first-order valence-corrected chi connectivity index (χ1v) is 11.4. The van der Waals surface area contributed by atoms with Crippen molar-refractivity contribution in [2.24, 2.45) is 26.6 Å². The molecule has 2 aromatic rings. The molecule has 0 aromatic heterocycles. The van der Waals surface area contributed by atoms with Crippen LogP contribution in [0.2, 0.25) is 0 Å². The van der Waals surface area contributed by atoms with E-state index in [2.05, 4.69) is 15.3 Å². The lowest BCUT2D eigenvalue weighted by Gasteiger charge is -2.48. The van der Waals surface area contributed by atoms with E-state index in [0.29, 0.717) is 17.4 Å². The maximum absolute atomic E-state index is 13.6. The van der Waals surface area contributed by atoms with E-state index < -0.39 is 34.2 Å². The van der Waals surface area contributed by atoms with Gasteiger partial charge in [-0.15, -0.1) is 0 Å². The third-order valence-corrected chi connectivity index (χ3v) is 8.01. The van der Waals surface area contributed by atoms with Crippen LogP contribution in [0.25, 0.3) is 0 Å². The number of nitrogens with zero attached hydrogens (tertiary/aromatic N) is 3. The largest absolute Gasteiger partial charge is 0.416 e. The zero-order valence-corrected chi connectivity index (χ0v) is 19.3. The van der Waals surface area contributed by atoms with Crippen LogP contribution in [0.1, 0.15) is 54.7 Å². The Labute approximate surface area is 205 Å². The molecule has 1 spiro atoms. The molecule has 0 heterocycles. The van der Waals surface area contributed by atoms with Gasteiger partial charge in [-0.2, -0.15) is 28.5 Å². The van der Waals surface area contributed by atoms with Crippen LogP contribution in [0.3, 0.4) is 0 Å². The molecule has 2 aliphatic rings. The molecular formula is C25H25F3N6O2. The Morgan fingerprint density at radius 1 is 0.944 bits per heavy atom. The molecule has 2 fully saturated rings. The number of hydrogen-bond donors (Lipinski definition) is 3. The van der Waals surface area contributed by atoms with Crippen molar-refractivity contribution in [2.45, 2.75) is 55.3 Å². The number of Topliss-reactive ketones (excluding diaryl/α,β-unsaturated/α-hetero) is 1. The zero-order chi connectivity index (χ0) is 26.2. The van der Waals surface area contributed by atoms with Crippen LogP contribution in [0.15, 0.2) is 69.9 Å². The van der Waals surface area contributed by atoms with Crippen molar-refractivity contribution in [3.8, 4) is 0 Å². The van der Waals surface area contributed by atoms with E-state index in [0.717, 1.165) is 12.1 Å². The number of hydrogen-bond acceptors (Lipinski definition) is 8. The lowest BCUT2D eigenvalue weighted by molar-refractivity contribution is -0.137. The molecule has 0 amide bonds. The summed E-state index contributed by atoms with van der Waals surface area (Å²) in [4.78, 5) is 25.8. The van der Waals surface area contributed by atoms with Gasteiger partial charge in [-0.1, -0.05) is 42.5 Å². The lowest BCUT2D eigenvalue weighted by atomic mass is 9.55. The third-order valence-electron chi connectivity index (χ3n) is 8.01. The maximum atomic E-state index is 13.6. The average molecular weight is 499 g/mol. The second-order valence-corrected chi connectivity index (χ2v) is 9.45. The second kappa shape index (κ2) is 9.03. The van der Waals surface area contributed by atoms with Crippen LogP contribution in [0.4, 0.5) is 13.2 Å². The quantitative estimate of drug-likeness (QED) is 0.208. The summed E-state index contributed by atoms with van der Waals surface area (Å²) in [6, 6.07) is 13.2. The van der Waals surface area contributed by atoms with Gasteiger partial charge in [-0.25, -0.2) is 11.1 Å². The Hall–Kier alpha value is -3.76. The molecule has 8 nitrogen and oxygen atoms in total. The fraction of sp³-hybridized carbons (Fsp3) is 0.400. The number of aldehydes is 1. The summed E-state index contributed by atoms with van der Waals surface area (Å²) in [5.74, 6) is 4.23. The van der Waals surface area contributed by atoms with Gasteiger partial charge in [-0.3, -0.25) is 4.79 Å². The first-order valence-electron chi connectivity index (χ1n) is 11.4. The average Bonchev–Trinajstić information content (AvgIpc) is 3.14. The van der Waals surface area contributed by atoms with Gasteiger partial charge in [0.1, 0.15) is 17.5 Å². The van der Waals surface area contributed by atoms with Crippen LogP contribution in [0, 0.1) is 16.5 Å². The molecule has 188 valence electrons. The number of carbonyl (C=O) groups is 2. The molecule has 2 atom stereocenters. The van der Waals surface area contributed by atoms with Gasteiger partial charge >= 0.3 is 6.18 Å². The number of ketones is 1. The Bertz CT molecular complexity index is 1200. The van der Waals surface area contributed by atoms with Gasteiger partial charge in [0.25, 0.3) is 0 Å². The summed E-state index contributed by atoms with van der Waals surface area (Å²) in [5.41, 5.74) is 12.7. The van der Waals surface area contributed by atoms with Gasteiger partial charge in [0.15, 0.2) is 5.78 Å². The Morgan fingerprint density at radius 3 is 2.03 bits per heavy atom. The maximum Gasteiger partial charge on any atom is 0.416 e. The number of rotatable bonds is 6. The summed E-state index contributed by atoms with van der Waals surface area (Å²) in [7, 11) is 0. The minimum atomic E-state index is -4.52. The predicted octanol–water partition coefficient (Wildman–Crippen LogP) is 5.53. The van der Waals surface area contributed by atoms with Crippen molar-refractivity contribution in [1.29, 1.82) is 11.1 Å². The molecule has 0 saturated heterocycles. The van der Waals surface area contributed by atoms with Gasteiger partial charge in [0, 0.05) is 6.42 Å². The standard InChI is InChI=1S/C25H25F3N6O2/c26-25(27,28)18-8-6-16(7-9-18)19(15-35)23(33-30)12-10-22(11-13-23)21(36)20(32-29)14-24(22,34-31)17-4-2-1-3-5-17/h1-9,15,19,30-31H,10-14,29H2. The van der Waals surface area contributed by atoms with Crippen molar-refractivity contribution in [3.63, 3.8) is 0 Å². The number of halogens is 3. The predicted molar refractivity (Wildman–Crippen MR) is 124 cm³/mol. The SMILES string of the molecule is N=NC1(C(C=O)c2ccc(C(F)(F)F)cc2)CCC2(CC1)C(=O)C(=NN)CC2(N=N)c1ccccc1. The number of nitrogens with two attached hydrogens (primary N) is 1. The van der Waals surface area contributed by atoms with Crippen molar-refractivity contribution < 1.29 is 22.8 Å². The molecule has 4 N–H and O–H groups in total. The second-order valence-electron chi connectivity index (χ2n) is 9.45. The fourth-order valence-corrected chi connectivity index (χ4v) is 6.00. The molecule has 36 heavy (non-hydrogen) atoms. The Morgan fingerprint density at radius 2 is 1.56 bits per heavy atom. The number of benzene rings is 2. The molecule has 4 rings (SSSR count). The van der Waals surface area contributed by atoms with Crippen molar-refractivity contribution in [2.75, 3.05) is 0 Å². The Balaban J connectivity index is 1.73. The van der Waals surface area contributed by atoms with E-state index in [1.165, 1.54) is 12.1 Å². The highest BCUT2D eigenvalue weighted by Crippen LogP contribution is 2.62. The summed E-state index contributed by atoms with van der Waals surface area (Å²) >= 11 is 0. The fourth-order valence-electron chi connectivity index (χ4n) is 6.00. The third kappa shape index (κ3) is 3.64. The summed E-state index contributed by atoms with van der Waals surface area (Å²) < 4.78 is 39.1. The van der Waals surface area contributed by atoms with Crippen LogP contribution >= 0.6 is 0 Å². The minimum Gasteiger partial charge on any atom is -0.323 e. The van der Waals surface area contributed by atoms with E-state index in [1.807, 2.05) is 6.07 Å². The molecule has 0 bridgehead atoms. The van der Waals surface area contributed by atoms with Crippen molar-refractivity contribution in [1.82, 2.24) is 0 Å². The van der Waals surface area contributed by atoms with E-state index in [1.54, 1.807) is 24.3 Å². The first kappa shape index (κ1) is 25.3. The lowest BCUT2D eigenvalue weighted by Crippen LogP contribution is -2.51. The molecule has 2 unspecified atom stereocenters. The van der Waals surface area contributed by atoms with Gasteiger partial charge in [0.2, 0.25) is 0 Å². The van der Waals surface area contributed by atoms with E-state index >= 15 is 0 Å². The molecule has 2 aromatic carbocycles. The smallest absolute Gasteiger partial charge is 0.323 e. The molecular weight excluding hydrogens is 473 g/mol. The summed E-state index contributed by atoms with van der Waals surface area (Å²) in [6.45, 7) is 0. The number of nitrogens with one attached hydrogen (secondary N) is 2. The van der Waals surface area contributed by atoms with Crippen LogP contribution in [0.5, 0.6) is 0 Å². The summed E-state index contributed by atoms with van der Waals surface area (Å²) in [6.07, 6.45) is -3.33. The molecule has 0 aliphatic heterocycles. The van der Waals surface area contributed by atoms with Gasteiger partial charge in [-0.05, 0) is 48.9 Å². The van der Waals surface area contributed by atoms with E-state index in [4.69, 9.17) is 16.9 Å². The molecule has 0 radical (unpaired) electrons. The minimum absolute atomic E-state index is 0.0525. The van der Waals surface area contributed by atoms with Gasteiger partial charge in [0.05, 0.1) is 22.4 Å². The number of carbonyl (C=O) groups excluding carboxylic acids is 2. The topological polar surface area (TPSA) is 145 Å². The highest BCUT2D eigenvalue weighted by atomic mass is 19.4. The first-order chi connectivity index (χ1) is 17.1. The monoisotopic (exact) mass is 498 g/mol. The van der Waals surface area contributed by atoms with Crippen LogP contribution in [-0.2, 0) is 21.3 Å². The molecule has 2 aliphatic carbocycles. The number of hydrazone groups is 1. The highest BCUT2D eigenvalue weighted by molar-refractivity contribution is 6.44. The molecule has 2 saturated carbocycles. The van der Waals surface area contributed by atoms with Crippen molar-refractivity contribution >= 4 is 17.8 Å². The highest BCUT2D eigenvalue weighted by Gasteiger charge is 2.67. The van der Waals surface area contributed by atoms with Crippen molar-refractivity contribution in [3.05, 3.63) is 71.3 Å². The summed E-state index contributed by atoms with van der Waals surface area (Å²) in [5, 5.41) is 11.5.